The zero-order valence-corrected chi connectivity index (χ0v) is 15.6. The number of hydrogen-bond donors (Lipinski definition) is 8. The molecule has 0 aromatic carbocycles. The molecule has 0 saturated carbocycles. The van der Waals surface area contributed by atoms with Crippen molar-refractivity contribution >= 4 is 0 Å². The maximum absolute atomic E-state index is 10.5. The fraction of sp³-hybridized carbons (Fsp3) is 0.706. The summed E-state index contributed by atoms with van der Waals surface area (Å²) < 4.78 is 20.9. The molecule has 8 N–H and O–H groups in total. The first kappa shape index (κ1) is 23.2. The Bertz CT molecular complexity index is 678. The Morgan fingerprint density at radius 2 is 1.63 bits per heavy atom. The van der Waals surface area contributed by atoms with Crippen LogP contribution in [0.25, 0.3) is 0 Å². The van der Waals surface area contributed by atoms with E-state index in [1.54, 1.807) is 6.07 Å². The van der Waals surface area contributed by atoms with E-state index in [-0.39, 0.29) is 5.88 Å². The highest BCUT2D eigenvalue weighted by Crippen LogP contribution is 2.33. The van der Waals surface area contributed by atoms with Gasteiger partial charge in [0.25, 0.3) is 0 Å². The Labute approximate surface area is 170 Å². The lowest BCUT2D eigenvalue weighted by atomic mass is 9.96. The minimum Gasteiger partial charge on any atom is -0.419 e. The van der Waals surface area contributed by atoms with Crippen molar-refractivity contribution in [2.75, 3.05) is 13.2 Å². The molecule has 2 aliphatic rings. The monoisotopic (exact) mass is 435 g/mol. The third kappa shape index (κ3) is 4.42. The molecule has 0 aliphatic carbocycles. The molecule has 0 radical (unpaired) electrons. The van der Waals surface area contributed by atoms with Gasteiger partial charge in [0.1, 0.15) is 42.7 Å². The molecule has 2 aliphatic heterocycles. The van der Waals surface area contributed by atoms with E-state index >= 15 is 0 Å². The number of aliphatic hydroxyl groups is 8. The molecular weight excluding hydrogens is 410 g/mol. The summed E-state index contributed by atoms with van der Waals surface area (Å²) in [6.45, 7) is -1.53. The molecule has 1 unspecified atom stereocenters. The van der Waals surface area contributed by atoms with Crippen molar-refractivity contribution in [3.05, 3.63) is 24.4 Å². The van der Waals surface area contributed by atoms with Gasteiger partial charge >= 0.3 is 5.97 Å². The molecule has 30 heavy (non-hydrogen) atoms. The van der Waals surface area contributed by atoms with Gasteiger partial charge in [-0.15, -0.1) is 0 Å². The van der Waals surface area contributed by atoms with Gasteiger partial charge in [-0.1, -0.05) is 6.07 Å². The summed E-state index contributed by atoms with van der Waals surface area (Å²) in [7, 11) is 0. The molecule has 3 rings (SSSR count). The van der Waals surface area contributed by atoms with Crippen LogP contribution in [0, 0.1) is 0 Å². The molecule has 170 valence electrons. The summed E-state index contributed by atoms with van der Waals surface area (Å²) in [5, 5.41) is 80.0. The molecule has 13 nitrogen and oxygen atoms in total. The molecule has 10 atom stereocenters. The molecule has 13 heteroatoms. The van der Waals surface area contributed by atoms with E-state index in [0.717, 1.165) is 0 Å². The second kappa shape index (κ2) is 9.33. The van der Waals surface area contributed by atoms with Gasteiger partial charge in [-0.05, 0) is 6.07 Å². The molecule has 0 bridgehead atoms. The van der Waals surface area contributed by atoms with Gasteiger partial charge < -0.3 is 59.8 Å². The Hall–Kier alpha value is -1.49. The van der Waals surface area contributed by atoms with Crippen LogP contribution in [-0.2, 0) is 14.2 Å². The topological polar surface area (TPSA) is 212 Å². The van der Waals surface area contributed by atoms with Crippen molar-refractivity contribution in [1.82, 2.24) is 4.98 Å². The maximum Gasteiger partial charge on any atom is 0.356 e. The summed E-state index contributed by atoms with van der Waals surface area (Å²) in [5.74, 6) is -2.94. The average molecular weight is 435 g/mol. The minimum absolute atomic E-state index is 0.142. The lowest BCUT2D eigenvalue weighted by Gasteiger charge is -2.47. The summed E-state index contributed by atoms with van der Waals surface area (Å²) in [4.78, 5) is 3.81. The SMILES string of the molecule is OC[C@H]1O[C@@H](O[C@H]2[C@H](O)[C@@H](O)C(O)(Oc3ccccn3)O[C@@H]2CO)[C@H](O)[C@@H](O)[C@H]1O. The van der Waals surface area contributed by atoms with Gasteiger partial charge in [0.15, 0.2) is 12.4 Å². The number of aromatic nitrogens is 1. The molecule has 1 aromatic rings. The molecule has 2 saturated heterocycles. The van der Waals surface area contributed by atoms with Gasteiger partial charge in [0, 0.05) is 12.3 Å². The average Bonchev–Trinajstić information content (AvgIpc) is 2.74. The van der Waals surface area contributed by atoms with Crippen molar-refractivity contribution in [1.29, 1.82) is 0 Å². The van der Waals surface area contributed by atoms with Crippen LogP contribution in [0.2, 0.25) is 0 Å². The predicted molar refractivity (Wildman–Crippen MR) is 92.4 cm³/mol. The second-order valence-electron chi connectivity index (χ2n) is 6.97. The zero-order valence-electron chi connectivity index (χ0n) is 15.6. The van der Waals surface area contributed by atoms with Crippen molar-refractivity contribution < 1.29 is 59.8 Å². The van der Waals surface area contributed by atoms with Crippen molar-refractivity contribution in [2.45, 2.75) is 61.1 Å². The van der Waals surface area contributed by atoms with Crippen molar-refractivity contribution in [2.24, 2.45) is 0 Å². The van der Waals surface area contributed by atoms with Gasteiger partial charge in [-0.25, -0.2) is 4.98 Å². The molecule has 0 amide bonds. The molecule has 1 aromatic heterocycles. The Kier molecular flexibility index (Phi) is 7.21. The number of rotatable bonds is 6. The summed E-state index contributed by atoms with van der Waals surface area (Å²) >= 11 is 0. The number of ether oxygens (including phenoxy) is 4. The van der Waals surface area contributed by atoms with Crippen LogP contribution in [0.4, 0.5) is 0 Å². The standard InChI is InChI=1S/C17H25NO12/c19-5-7-10(21)11(22)12(23)16(27-7)28-14-8(6-20)29-17(26,15(25)13(14)24)30-9-3-1-2-4-18-9/h1-4,7-8,10-16,19-26H,5-6H2/t7-,8-,10+,11+,12-,13+,14-,15-,16+,17?/m1/s1. The lowest BCUT2D eigenvalue weighted by Crippen LogP contribution is -2.69. The largest absolute Gasteiger partial charge is 0.419 e. The molecule has 2 fully saturated rings. The van der Waals surface area contributed by atoms with Crippen LogP contribution in [0.1, 0.15) is 0 Å². The number of nitrogens with zero attached hydrogens (tertiary/aromatic N) is 1. The van der Waals surface area contributed by atoms with Crippen LogP contribution in [0.3, 0.4) is 0 Å². The van der Waals surface area contributed by atoms with Crippen LogP contribution < -0.4 is 4.74 Å². The van der Waals surface area contributed by atoms with Gasteiger partial charge in [0.2, 0.25) is 5.88 Å². The van der Waals surface area contributed by atoms with Gasteiger partial charge in [-0.3, -0.25) is 0 Å². The van der Waals surface area contributed by atoms with Crippen LogP contribution >= 0.6 is 0 Å². The lowest BCUT2D eigenvalue weighted by molar-refractivity contribution is -0.436. The third-order valence-electron chi connectivity index (χ3n) is 4.93. The van der Waals surface area contributed by atoms with E-state index < -0.39 is 74.3 Å². The summed E-state index contributed by atoms with van der Waals surface area (Å²) in [6.07, 6.45) is -13.9. The van der Waals surface area contributed by atoms with Crippen molar-refractivity contribution in [3.63, 3.8) is 0 Å². The highest BCUT2D eigenvalue weighted by Gasteiger charge is 2.57. The number of hydrogen-bond acceptors (Lipinski definition) is 13. The smallest absolute Gasteiger partial charge is 0.356 e. The highest BCUT2D eigenvalue weighted by atomic mass is 16.8. The molecule has 3 heterocycles. The first-order chi connectivity index (χ1) is 14.2. The maximum atomic E-state index is 10.5. The highest BCUT2D eigenvalue weighted by molar-refractivity contribution is 5.11. The predicted octanol–water partition coefficient (Wildman–Crippen LogP) is -4.60. The molecule has 0 spiro atoms. The quantitative estimate of drug-likeness (QED) is 0.198. The fourth-order valence-electron chi connectivity index (χ4n) is 3.25. The van der Waals surface area contributed by atoms with E-state index in [2.05, 4.69) is 4.98 Å². The van der Waals surface area contributed by atoms with E-state index in [0.29, 0.717) is 0 Å². The first-order valence-corrected chi connectivity index (χ1v) is 9.15. The normalized spacial score (nSPS) is 44.6. The third-order valence-corrected chi connectivity index (χ3v) is 4.93. The Morgan fingerprint density at radius 1 is 0.933 bits per heavy atom. The van der Waals surface area contributed by atoms with E-state index in [1.165, 1.54) is 18.3 Å². The summed E-state index contributed by atoms with van der Waals surface area (Å²) in [6, 6.07) is 4.46. The van der Waals surface area contributed by atoms with Crippen LogP contribution in [-0.4, -0.2) is 120 Å². The number of aliphatic hydroxyl groups excluding tert-OH is 7. The minimum atomic E-state index is -2.80. The number of pyridine rings is 1. The van der Waals surface area contributed by atoms with Crippen LogP contribution in [0.15, 0.2) is 24.4 Å². The first-order valence-electron chi connectivity index (χ1n) is 9.15. The molecular formula is C17H25NO12. The van der Waals surface area contributed by atoms with E-state index in [9.17, 15) is 40.9 Å². The Morgan fingerprint density at radius 3 is 2.23 bits per heavy atom. The van der Waals surface area contributed by atoms with Crippen LogP contribution in [0.5, 0.6) is 5.88 Å². The van der Waals surface area contributed by atoms with E-state index in [4.69, 9.17) is 18.9 Å². The van der Waals surface area contributed by atoms with Gasteiger partial charge in [0.05, 0.1) is 13.2 Å². The second-order valence-corrected chi connectivity index (χ2v) is 6.97. The fourth-order valence-corrected chi connectivity index (χ4v) is 3.25. The Balaban J connectivity index is 1.76. The van der Waals surface area contributed by atoms with E-state index in [1.807, 2.05) is 0 Å². The van der Waals surface area contributed by atoms with Gasteiger partial charge in [-0.2, -0.15) is 0 Å². The zero-order chi connectivity index (χ0) is 22.1. The summed E-state index contributed by atoms with van der Waals surface area (Å²) in [5.41, 5.74) is 0. The van der Waals surface area contributed by atoms with Crippen molar-refractivity contribution in [3.8, 4) is 5.88 Å².